The van der Waals surface area contributed by atoms with E-state index in [4.69, 9.17) is 5.11 Å². The highest BCUT2D eigenvalue weighted by Gasteiger charge is 2.24. The number of hydrogen-bond acceptors (Lipinski definition) is 3. The van der Waals surface area contributed by atoms with Crippen molar-refractivity contribution < 1.29 is 18.3 Å². The van der Waals surface area contributed by atoms with Crippen molar-refractivity contribution >= 4 is 15.8 Å². The highest BCUT2D eigenvalue weighted by molar-refractivity contribution is 7.91. The Morgan fingerprint density at radius 1 is 1.29 bits per heavy atom. The molecule has 0 heterocycles. The lowest BCUT2D eigenvalue weighted by atomic mass is 10.0. The van der Waals surface area contributed by atoms with Crippen LogP contribution in [0.3, 0.4) is 0 Å². The van der Waals surface area contributed by atoms with Crippen LogP contribution in [0.15, 0.2) is 30.3 Å². The van der Waals surface area contributed by atoms with Gasteiger partial charge in [0, 0.05) is 5.75 Å². The number of carboxylic acids is 1. The van der Waals surface area contributed by atoms with Crippen LogP contribution in [0, 0.1) is 5.92 Å². The molecule has 1 N–H and O–H groups in total. The zero-order valence-corrected chi connectivity index (χ0v) is 10.5. The lowest BCUT2D eigenvalue weighted by molar-refractivity contribution is -0.140. The van der Waals surface area contributed by atoms with Crippen molar-refractivity contribution in [3.63, 3.8) is 0 Å². The number of carboxylic acid groups (broad SMARTS) is 1. The average Bonchev–Trinajstić information content (AvgIpc) is 2.29. The van der Waals surface area contributed by atoms with E-state index in [1.54, 1.807) is 12.1 Å². The fourth-order valence-electron chi connectivity index (χ4n) is 1.54. The lowest BCUT2D eigenvalue weighted by Gasteiger charge is -2.12. The normalized spacial score (nSPS) is 13.2. The first-order valence-corrected chi connectivity index (χ1v) is 7.24. The third-order valence-corrected chi connectivity index (χ3v) is 4.36. The summed E-state index contributed by atoms with van der Waals surface area (Å²) < 4.78 is 22.9. The second kappa shape index (κ2) is 5.82. The number of hydrogen-bond donors (Lipinski definition) is 1. The van der Waals surface area contributed by atoms with Crippen LogP contribution in [-0.2, 0) is 21.1 Å². The fourth-order valence-corrected chi connectivity index (χ4v) is 2.65. The zero-order valence-electron chi connectivity index (χ0n) is 9.67. The van der Waals surface area contributed by atoms with Crippen molar-refractivity contribution in [2.45, 2.75) is 13.3 Å². The first-order valence-electron chi connectivity index (χ1n) is 5.41. The monoisotopic (exact) mass is 256 g/mol. The summed E-state index contributed by atoms with van der Waals surface area (Å²) in [5.41, 5.74) is 0.839. The number of benzene rings is 1. The molecule has 0 spiro atoms. The lowest BCUT2D eigenvalue weighted by Crippen LogP contribution is -2.26. The van der Waals surface area contributed by atoms with Gasteiger partial charge in [0.1, 0.15) is 0 Å². The summed E-state index contributed by atoms with van der Waals surface area (Å²) in [6.07, 6.45) is 0.245. The molecular weight excluding hydrogens is 240 g/mol. The number of sulfone groups is 1. The van der Waals surface area contributed by atoms with Crippen LogP contribution in [-0.4, -0.2) is 31.0 Å². The minimum atomic E-state index is -3.26. The summed E-state index contributed by atoms with van der Waals surface area (Å²) >= 11 is 0. The van der Waals surface area contributed by atoms with Crippen LogP contribution in [0.1, 0.15) is 12.5 Å². The molecule has 17 heavy (non-hydrogen) atoms. The molecule has 0 fully saturated rings. The molecule has 0 bridgehead atoms. The molecule has 1 aromatic rings. The van der Waals surface area contributed by atoms with Gasteiger partial charge in [-0.2, -0.15) is 0 Å². The summed E-state index contributed by atoms with van der Waals surface area (Å²) in [4.78, 5) is 11.0. The predicted molar refractivity (Wildman–Crippen MR) is 65.6 cm³/mol. The predicted octanol–water partition coefficient (Wildman–Crippen LogP) is 1.36. The molecule has 0 saturated heterocycles. The second-order valence-electron chi connectivity index (χ2n) is 3.92. The van der Waals surface area contributed by atoms with Crippen molar-refractivity contribution in [2.24, 2.45) is 5.92 Å². The van der Waals surface area contributed by atoms with Gasteiger partial charge < -0.3 is 5.11 Å². The van der Waals surface area contributed by atoms with Gasteiger partial charge in [0.15, 0.2) is 9.84 Å². The Morgan fingerprint density at radius 3 is 2.35 bits per heavy atom. The largest absolute Gasteiger partial charge is 0.481 e. The van der Waals surface area contributed by atoms with E-state index in [9.17, 15) is 13.2 Å². The van der Waals surface area contributed by atoms with E-state index in [-0.39, 0.29) is 17.9 Å². The van der Waals surface area contributed by atoms with Gasteiger partial charge in [-0.1, -0.05) is 37.3 Å². The van der Waals surface area contributed by atoms with Gasteiger partial charge in [0.2, 0.25) is 0 Å². The fraction of sp³-hybridized carbons (Fsp3) is 0.417. The molecular formula is C12H16O4S. The molecule has 1 rings (SSSR count). The van der Waals surface area contributed by atoms with Gasteiger partial charge in [0.05, 0.1) is 11.7 Å². The molecule has 1 aromatic carbocycles. The van der Waals surface area contributed by atoms with E-state index in [0.29, 0.717) is 0 Å². The third-order valence-electron chi connectivity index (χ3n) is 2.57. The topological polar surface area (TPSA) is 71.4 Å². The maximum atomic E-state index is 11.4. The highest BCUT2D eigenvalue weighted by atomic mass is 32.2. The van der Waals surface area contributed by atoms with Crippen LogP contribution in [0.25, 0.3) is 0 Å². The molecule has 1 unspecified atom stereocenters. The van der Waals surface area contributed by atoms with E-state index in [1.807, 2.05) is 18.2 Å². The smallest absolute Gasteiger partial charge is 0.307 e. The molecule has 0 saturated carbocycles. The maximum absolute atomic E-state index is 11.4. The van der Waals surface area contributed by atoms with Gasteiger partial charge >= 0.3 is 5.97 Å². The average molecular weight is 256 g/mol. The molecule has 94 valence electrons. The van der Waals surface area contributed by atoms with E-state index in [1.165, 1.54) is 6.92 Å². The number of aliphatic carboxylic acids is 1. The van der Waals surface area contributed by atoms with Crippen LogP contribution < -0.4 is 0 Å². The molecule has 0 aliphatic rings. The molecule has 4 nitrogen and oxygen atoms in total. The summed E-state index contributed by atoms with van der Waals surface area (Å²) in [6, 6.07) is 9.05. The van der Waals surface area contributed by atoms with Gasteiger partial charge in [-0.3, -0.25) is 4.79 Å². The Labute approximate surface area is 101 Å². The van der Waals surface area contributed by atoms with E-state index < -0.39 is 21.7 Å². The molecule has 0 aliphatic carbocycles. The van der Waals surface area contributed by atoms with Crippen molar-refractivity contribution in [1.82, 2.24) is 0 Å². The number of rotatable bonds is 6. The van der Waals surface area contributed by atoms with Crippen LogP contribution in [0.5, 0.6) is 0 Å². The third kappa shape index (κ3) is 4.56. The highest BCUT2D eigenvalue weighted by Crippen LogP contribution is 2.12. The van der Waals surface area contributed by atoms with Gasteiger partial charge in [-0.25, -0.2) is 8.42 Å². The molecule has 5 heteroatoms. The van der Waals surface area contributed by atoms with Crippen LogP contribution in [0.4, 0.5) is 0 Å². The van der Waals surface area contributed by atoms with E-state index >= 15 is 0 Å². The molecule has 0 amide bonds. The molecule has 0 radical (unpaired) electrons. The van der Waals surface area contributed by atoms with Gasteiger partial charge in [0.25, 0.3) is 0 Å². The summed E-state index contributed by atoms with van der Waals surface area (Å²) in [7, 11) is -3.26. The van der Waals surface area contributed by atoms with Crippen molar-refractivity contribution in [1.29, 1.82) is 0 Å². The second-order valence-corrected chi connectivity index (χ2v) is 6.32. The Kier molecular flexibility index (Phi) is 4.69. The summed E-state index contributed by atoms with van der Waals surface area (Å²) in [5.74, 6) is -2.26. The number of carbonyl (C=O) groups is 1. The Bertz CT molecular complexity index is 465. The summed E-state index contributed by atoms with van der Waals surface area (Å²) in [5, 5.41) is 9.03. The van der Waals surface area contributed by atoms with Crippen LogP contribution >= 0.6 is 0 Å². The minimum absolute atomic E-state index is 0.0223. The maximum Gasteiger partial charge on any atom is 0.307 e. The van der Waals surface area contributed by atoms with Gasteiger partial charge in [-0.05, 0) is 12.0 Å². The Hall–Kier alpha value is -1.36. The van der Waals surface area contributed by atoms with Crippen molar-refractivity contribution in [2.75, 3.05) is 11.5 Å². The molecule has 0 aliphatic heterocycles. The minimum Gasteiger partial charge on any atom is -0.481 e. The first kappa shape index (κ1) is 13.7. The Morgan fingerprint density at radius 2 is 1.88 bits per heavy atom. The van der Waals surface area contributed by atoms with Crippen LogP contribution in [0.2, 0.25) is 0 Å². The van der Waals surface area contributed by atoms with Crippen molar-refractivity contribution in [3.05, 3.63) is 35.9 Å². The SMILES string of the molecule is CCS(=O)(=O)CC(Cc1ccccc1)C(=O)O. The standard InChI is InChI=1S/C12H16O4S/c1-2-17(15,16)9-11(12(13)14)8-10-6-4-3-5-7-10/h3-7,11H,2,8-9H2,1H3,(H,13,14). The van der Waals surface area contributed by atoms with E-state index in [0.717, 1.165) is 5.56 Å². The first-order chi connectivity index (χ1) is 7.94. The Balaban J connectivity index is 2.78. The molecule has 1 atom stereocenters. The quantitative estimate of drug-likeness (QED) is 0.834. The molecule has 0 aromatic heterocycles. The van der Waals surface area contributed by atoms with E-state index in [2.05, 4.69) is 0 Å². The van der Waals surface area contributed by atoms with Crippen molar-refractivity contribution in [3.8, 4) is 0 Å². The zero-order chi connectivity index (χ0) is 12.9. The summed E-state index contributed by atoms with van der Waals surface area (Å²) in [6.45, 7) is 1.52. The van der Waals surface area contributed by atoms with Gasteiger partial charge in [-0.15, -0.1) is 0 Å².